The Hall–Kier alpha value is -1.62. The van der Waals surface area contributed by atoms with E-state index in [2.05, 4.69) is 33.8 Å². The molecule has 0 aliphatic carbocycles. The zero-order chi connectivity index (χ0) is 13.8. The van der Waals surface area contributed by atoms with E-state index in [1.54, 1.807) is 24.3 Å². The van der Waals surface area contributed by atoms with Crippen LogP contribution >= 0.6 is 0 Å². The van der Waals surface area contributed by atoms with E-state index in [-0.39, 0.29) is 11.2 Å². The maximum atomic E-state index is 12.1. The van der Waals surface area contributed by atoms with Crippen LogP contribution in [0.2, 0.25) is 0 Å². The number of nitriles is 1. The first-order valence-electron chi connectivity index (χ1n) is 6.35. The zero-order valence-electron chi connectivity index (χ0n) is 11.7. The topological polar surface area (TPSA) is 40.9 Å². The van der Waals surface area contributed by atoms with Gasteiger partial charge in [-0.1, -0.05) is 39.8 Å². The third kappa shape index (κ3) is 4.71. The summed E-state index contributed by atoms with van der Waals surface area (Å²) >= 11 is 0. The lowest BCUT2D eigenvalue weighted by Crippen LogP contribution is -2.14. The van der Waals surface area contributed by atoms with E-state index >= 15 is 0 Å². The fraction of sp³-hybridized carbons (Fsp3) is 0.500. The second-order valence-electron chi connectivity index (χ2n) is 6.19. The second-order valence-corrected chi connectivity index (χ2v) is 6.19. The van der Waals surface area contributed by atoms with E-state index in [4.69, 9.17) is 5.26 Å². The van der Waals surface area contributed by atoms with Crippen molar-refractivity contribution in [1.82, 2.24) is 0 Å². The normalized spacial score (nSPS) is 12.8. The molecule has 0 aliphatic rings. The van der Waals surface area contributed by atoms with Crippen LogP contribution in [0.4, 0.5) is 0 Å². The molecule has 0 heterocycles. The largest absolute Gasteiger partial charge is 0.294 e. The standard InChI is InChI=1S/C16H21NO/c1-12(10-16(2,3)4)9-15(18)14-7-5-13(11-17)6-8-14/h5-8,12H,9-10H2,1-4H3. The molecule has 0 aliphatic heterocycles. The molecule has 0 saturated heterocycles. The molecule has 0 fully saturated rings. The summed E-state index contributed by atoms with van der Waals surface area (Å²) in [5.41, 5.74) is 1.55. The Balaban J connectivity index is 2.62. The molecular weight excluding hydrogens is 222 g/mol. The Morgan fingerprint density at radius 3 is 2.28 bits per heavy atom. The van der Waals surface area contributed by atoms with E-state index in [9.17, 15) is 4.79 Å². The van der Waals surface area contributed by atoms with Gasteiger partial charge in [-0.3, -0.25) is 4.79 Å². The number of carbonyl (C=O) groups is 1. The van der Waals surface area contributed by atoms with Gasteiger partial charge in [0.25, 0.3) is 0 Å². The molecule has 96 valence electrons. The van der Waals surface area contributed by atoms with Crippen LogP contribution in [0.1, 0.15) is 56.5 Å². The summed E-state index contributed by atoms with van der Waals surface area (Å²) in [6, 6.07) is 8.93. The monoisotopic (exact) mass is 243 g/mol. The maximum Gasteiger partial charge on any atom is 0.163 e. The first kappa shape index (κ1) is 14.4. The van der Waals surface area contributed by atoms with Gasteiger partial charge in [0.2, 0.25) is 0 Å². The van der Waals surface area contributed by atoms with Gasteiger partial charge in [-0.05, 0) is 29.9 Å². The number of ketones is 1. The lowest BCUT2D eigenvalue weighted by Gasteiger charge is -2.22. The van der Waals surface area contributed by atoms with Gasteiger partial charge in [0, 0.05) is 12.0 Å². The number of rotatable bonds is 4. The van der Waals surface area contributed by atoms with Crippen LogP contribution in [0, 0.1) is 22.7 Å². The van der Waals surface area contributed by atoms with Crippen molar-refractivity contribution in [2.75, 3.05) is 0 Å². The first-order valence-corrected chi connectivity index (χ1v) is 6.35. The summed E-state index contributed by atoms with van der Waals surface area (Å²) in [6.07, 6.45) is 1.61. The van der Waals surface area contributed by atoms with Crippen molar-refractivity contribution in [1.29, 1.82) is 5.26 Å². The minimum Gasteiger partial charge on any atom is -0.294 e. The van der Waals surface area contributed by atoms with Gasteiger partial charge in [-0.2, -0.15) is 5.26 Å². The van der Waals surface area contributed by atoms with Gasteiger partial charge in [0.15, 0.2) is 5.78 Å². The predicted molar refractivity (Wildman–Crippen MR) is 73.3 cm³/mol. The van der Waals surface area contributed by atoms with Crippen molar-refractivity contribution in [3.05, 3.63) is 35.4 Å². The Bertz CT molecular complexity index is 445. The third-order valence-electron chi connectivity index (χ3n) is 2.83. The number of hydrogen-bond acceptors (Lipinski definition) is 2. The number of hydrogen-bond donors (Lipinski definition) is 0. The van der Waals surface area contributed by atoms with E-state index < -0.39 is 0 Å². The SMILES string of the molecule is CC(CC(=O)c1ccc(C#N)cc1)CC(C)(C)C. The van der Waals surface area contributed by atoms with E-state index in [1.807, 2.05) is 0 Å². The highest BCUT2D eigenvalue weighted by atomic mass is 16.1. The average Bonchev–Trinajstić information content (AvgIpc) is 2.26. The number of Topliss-reactive ketones (excluding diaryl/α,β-unsaturated/α-hetero) is 1. The quantitative estimate of drug-likeness (QED) is 0.743. The first-order chi connectivity index (χ1) is 8.31. The molecule has 0 saturated carbocycles. The van der Waals surface area contributed by atoms with Crippen LogP contribution in [-0.4, -0.2) is 5.78 Å². The zero-order valence-corrected chi connectivity index (χ0v) is 11.7. The van der Waals surface area contributed by atoms with E-state index in [1.165, 1.54) is 0 Å². The molecule has 18 heavy (non-hydrogen) atoms. The van der Waals surface area contributed by atoms with Gasteiger partial charge in [-0.25, -0.2) is 0 Å². The number of nitrogens with zero attached hydrogens (tertiary/aromatic N) is 1. The van der Waals surface area contributed by atoms with E-state index in [0.29, 0.717) is 23.5 Å². The molecule has 1 atom stereocenters. The van der Waals surface area contributed by atoms with Crippen molar-refractivity contribution >= 4 is 5.78 Å². The van der Waals surface area contributed by atoms with Gasteiger partial charge in [-0.15, -0.1) is 0 Å². The number of carbonyl (C=O) groups excluding carboxylic acids is 1. The summed E-state index contributed by atoms with van der Waals surface area (Å²) in [5, 5.41) is 8.71. The maximum absolute atomic E-state index is 12.1. The van der Waals surface area contributed by atoms with E-state index in [0.717, 1.165) is 6.42 Å². The summed E-state index contributed by atoms with van der Waals surface area (Å²) in [7, 11) is 0. The smallest absolute Gasteiger partial charge is 0.163 e. The van der Waals surface area contributed by atoms with Crippen molar-refractivity contribution in [3.63, 3.8) is 0 Å². The van der Waals surface area contributed by atoms with Crippen LogP contribution in [0.3, 0.4) is 0 Å². The Morgan fingerprint density at radius 1 is 1.28 bits per heavy atom. The highest BCUT2D eigenvalue weighted by molar-refractivity contribution is 5.96. The van der Waals surface area contributed by atoms with Crippen molar-refractivity contribution < 1.29 is 4.79 Å². The van der Waals surface area contributed by atoms with Crippen LogP contribution in [0.25, 0.3) is 0 Å². The lowest BCUT2D eigenvalue weighted by atomic mass is 9.83. The van der Waals surface area contributed by atoms with Crippen molar-refractivity contribution in [2.45, 2.75) is 40.5 Å². The molecule has 0 N–H and O–H groups in total. The molecule has 0 radical (unpaired) electrons. The Labute approximate surface area is 110 Å². The molecule has 0 bridgehead atoms. The Kier molecular flexibility index (Phi) is 4.67. The van der Waals surface area contributed by atoms with Crippen LogP contribution in [0.15, 0.2) is 24.3 Å². The molecule has 1 aromatic rings. The molecule has 0 amide bonds. The molecule has 1 aromatic carbocycles. The molecule has 0 spiro atoms. The predicted octanol–water partition coefficient (Wildman–Crippen LogP) is 4.20. The van der Waals surface area contributed by atoms with Gasteiger partial charge in [0.05, 0.1) is 11.6 Å². The van der Waals surface area contributed by atoms with Crippen molar-refractivity contribution in [2.24, 2.45) is 11.3 Å². The number of benzene rings is 1. The summed E-state index contributed by atoms with van der Waals surface area (Å²) < 4.78 is 0. The van der Waals surface area contributed by atoms with Crippen molar-refractivity contribution in [3.8, 4) is 6.07 Å². The second kappa shape index (κ2) is 5.82. The fourth-order valence-corrected chi connectivity index (χ4v) is 2.28. The highest BCUT2D eigenvalue weighted by Gasteiger charge is 2.18. The molecule has 0 aromatic heterocycles. The van der Waals surface area contributed by atoms with Gasteiger partial charge < -0.3 is 0 Å². The van der Waals surface area contributed by atoms with Crippen LogP contribution < -0.4 is 0 Å². The highest BCUT2D eigenvalue weighted by Crippen LogP contribution is 2.26. The van der Waals surface area contributed by atoms with Gasteiger partial charge in [0.1, 0.15) is 0 Å². The Morgan fingerprint density at radius 2 is 1.83 bits per heavy atom. The van der Waals surface area contributed by atoms with Crippen LogP contribution in [0.5, 0.6) is 0 Å². The third-order valence-corrected chi connectivity index (χ3v) is 2.83. The molecule has 2 nitrogen and oxygen atoms in total. The van der Waals surface area contributed by atoms with Gasteiger partial charge >= 0.3 is 0 Å². The molecule has 2 heteroatoms. The molecular formula is C16H21NO. The summed E-state index contributed by atoms with van der Waals surface area (Å²) in [4.78, 5) is 12.1. The molecule has 1 rings (SSSR count). The lowest BCUT2D eigenvalue weighted by molar-refractivity contribution is 0.0954. The van der Waals surface area contributed by atoms with Crippen LogP contribution in [-0.2, 0) is 0 Å². The minimum absolute atomic E-state index is 0.163. The average molecular weight is 243 g/mol. The fourth-order valence-electron chi connectivity index (χ4n) is 2.28. The minimum atomic E-state index is 0.163. The summed E-state index contributed by atoms with van der Waals surface area (Å²) in [5.74, 6) is 0.546. The summed E-state index contributed by atoms with van der Waals surface area (Å²) in [6.45, 7) is 8.69. The molecule has 1 unspecified atom stereocenters.